The Morgan fingerprint density at radius 3 is 2.28 bits per heavy atom. The number of rotatable bonds is 14. The van der Waals surface area contributed by atoms with Gasteiger partial charge in [-0.3, -0.25) is 4.79 Å². The molecule has 0 aliphatic carbocycles. The maximum absolute atomic E-state index is 14.1. The fraction of sp³-hybridized carbons (Fsp3) is 0.487. The molecular weight excluding hydrogens is 657 g/mol. The molecule has 2 aliphatic heterocycles. The largest absolute Gasteiger partial charge is 0.493 e. The van der Waals surface area contributed by atoms with Gasteiger partial charge in [0.15, 0.2) is 8.32 Å². The molecule has 2 amide bonds. The number of nitrogens with zero attached hydrogens (tertiary/aromatic N) is 2. The highest BCUT2D eigenvalue weighted by Crippen LogP contribution is 2.51. The molecule has 50 heavy (non-hydrogen) atoms. The Hall–Kier alpha value is -3.80. The van der Waals surface area contributed by atoms with E-state index in [1.54, 1.807) is 46.2 Å². The van der Waals surface area contributed by atoms with E-state index in [1.165, 1.54) is 24.3 Å². The van der Waals surface area contributed by atoms with Crippen LogP contribution in [0.2, 0.25) is 18.1 Å². The van der Waals surface area contributed by atoms with E-state index < -0.39 is 32.2 Å². The molecule has 0 saturated carbocycles. The molecule has 5 rings (SSSR count). The number of halogens is 2. The van der Waals surface area contributed by atoms with Crippen molar-refractivity contribution < 1.29 is 32.6 Å². The zero-order valence-electron chi connectivity index (χ0n) is 29.9. The predicted octanol–water partition coefficient (Wildman–Crippen LogP) is 8.18. The zero-order valence-corrected chi connectivity index (χ0v) is 30.9. The number of hydrogen-bond donors (Lipinski definition) is 2. The van der Waals surface area contributed by atoms with Crippen LogP contribution in [0.25, 0.3) is 0 Å². The van der Waals surface area contributed by atoms with Gasteiger partial charge in [0.25, 0.3) is 0 Å². The summed E-state index contributed by atoms with van der Waals surface area (Å²) < 4.78 is 40.1. The summed E-state index contributed by atoms with van der Waals surface area (Å²) >= 11 is 0. The topological polar surface area (TPSA) is 91.3 Å². The summed E-state index contributed by atoms with van der Waals surface area (Å²) in [5.74, 6) is -0.348. The highest BCUT2D eigenvalue weighted by Gasteiger charge is 2.50. The quantitative estimate of drug-likeness (QED) is 0.0998. The molecule has 2 saturated heterocycles. The molecule has 2 aliphatic rings. The van der Waals surface area contributed by atoms with Crippen LogP contribution in [0.15, 0.2) is 66.7 Å². The Balaban J connectivity index is 1.47. The van der Waals surface area contributed by atoms with Crippen molar-refractivity contribution in [2.75, 3.05) is 37.7 Å². The summed E-state index contributed by atoms with van der Waals surface area (Å²) in [6.07, 6.45) is 3.16. The van der Waals surface area contributed by atoms with Crippen molar-refractivity contribution in [3.05, 3.63) is 89.5 Å². The van der Waals surface area contributed by atoms with E-state index >= 15 is 0 Å². The second-order valence-corrected chi connectivity index (χ2v) is 19.2. The van der Waals surface area contributed by atoms with Gasteiger partial charge in [0.1, 0.15) is 23.1 Å². The van der Waals surface area contributed by atoms with Crippen LogP contribution in [0.4, 0.5) is 19.3 Å². The average Bonchev–Trinajstić information content (AvgIpc) is 3.08. The molecule has 3 atom stereocenters. The summed E-state index contributed by atoms with van der Waals surface area (Å²) in [5.41, 5.74) is 2.32. The second-order valence-electron chi connectivity index (χ2n) is 14.7. The Labute approximate surface area is 295 Å². The molecule has 2 fully saturated rings. The number of benzene rings is 3. The average molecular weight is 708 g/mol. The van der Waals surface area contributed by atoms with Crippen LogP contribution < -0.4 is 19.7 Å². The van der Waals surface area contributed by atoms with Crippen LogP contribution >= 0.6 is 0 Å². The van der Waals surface area contributed by atoms with Gasteiger partial charge in [-0.25, -0.2) is 13.6 Å². The van der Waals surface area contributed by atoms with E-state index in [0.717, 1.165) is 24.0 Å². The number of hydrogen-bond acceptors (Lipinski definition) is 6. The maximum atomic E-state index is 14.1. The standard InChI is InChI=1S/C39H51F2N3O5Si/c1-6-7-24-48-35-25-32(49-38(46)43-22-20-42-21-23-43)17-19-33(35)36-34(37(45)44(36)31-15-13-30(41)14-16-31)18-10-28(26-39(2,3)50(4,5)47)27-8-11-29(40)12-9-27/h8-9,11-17,19,25,28,34,36,42,47H,6-7,10,18,20-24,26H2,1-5H3/t28-,34-,36-/m1/s1. The second kappa shape index (κ2) is 16.0. The highest BCUT2D eigenvalue weighted by molar-refractivity contribution is 6.72. The molecule has 8 nitrogen and oxygen atoms in total. The molecule has 270 valence electrons. The smallest absolute Gasteiger partial charge is 0.415 e. The Morgan fingerprint density at radius 1 is 1.02 bits per heavy atom. The third-order valence-corrected chi connectivity index (χ3v) is 14.1. The van der Waals surface area contributed by atoms with Gasteiger partial charge in [0.2, 0.25) is 5.91 Å². The lowest BCUT2D eigenvalue weighted by Gasteiger charge is -2.48. The van der Waals surface area contributed by atoms with Crippen LogP contribution in [-0.2, 0) is 4.79 Å². The third-order valence-electron chi connectivity index (χ3n) is 10.5. The van der Waals surface area contributed by atoms with Crippen molar-refractivity contribution in [2.45, 2.75) is 83.0 Å². The summed E-state index contributed by atoms with van der Waals surface area (Å²) in [5, 5.41) is 2.89. The third kappa shape index (κ3) is 8.73. The Kier molecular flexibility index (Phi) is 12.0. The molecule has 0 radical (unpaired) electrons. The lowest BCUT2D eigenvalue weighted by molar-refractivity contribution is -0.130. The first-order valence-corrected chi connectivity index (χ1v) is 20.7. The number of ether oxygens (including phenoxy) is 2. The van der Waals surface area contributed by atoms with Gasteiger partial charge >= 0.3 is 6.09 Å². The highest BCUT2D eigenvalue weighted by atomic mass is 28.4. The van der Waals surface area contributed by atoms with Crippen molar-refractivity contribution in [2.24, 2.45) is 5.92 Å². The van der Waals surface area contributed by atoms with E-state index in [0.29, 0.717) is 69.2 Å². The number of anilines is 1. The van der Waals surface area contributed by atoms with Gasteiger partial charge in [-0.15, -0.1) is 0 Å². The molecule has 2 N–H and O–H groups in total. The Bertz CT molecular complexity index is 1610. The molecule has 0 spiro atoms. The van der Waals surface area contributed by atoms with Crippen LogP contribution in [0, 0.1) is 17.6 Å². The number of unbranched alkanes of at least 4 members (excludes halogenated alkanes) is 1. The number of carbonyl (C=O) groups is 2. The minimum absolute atomic E-state index is 0.0232. The zero-order chi connectivity index (χ0) is 36.1. The molecule has 11 heteroatoms. The number of carbonyl (C=O) groups excluding carboxylic acids is 2. The number of β-lactam (4-membered cyclic amide) rings is 1. The minimum atomic E-state index is -2.57. The van der Waals surface area contributed by atoms with Crippen LogP contribution in [-0.4, -0.2) is 62.8 Å². The lowest BCUT2D eigenvalue weighted by atomic mass is 9.75. The van der Waals surface area contributed by atoms with Crippen molar-refractivity contribution >= 4 is 26.0 Å². The molecular formula is C39H51F2N3O5Si. The summed E-state index contributed by atoms with van der Waals surface area (Å²) in [4.78, 5) is 41.5. The minimum Gasteiger partial charge on any atom is -0.493 e. The molecule has 2 heterocycles. The van der Waals surface area contributed by atoms with Gasteiger partial charge in [-0.05, 0) is 104 Å². The first-order valence-electron chi connectivity index (χ1n) is 17.8. The molecule has 0 aromatic heterocycles. The van der Waals surface area contributed by atoms with Gasteiger partial charge in [-0.2, -0.15) is 0 Å². The monoisotopic (exact) mass is 707 g/mol. The van der Waals surface area contributed by atoms with E-state index in [4.69, 9.17) is 9.47 Å². The summed E-state index contributed by atoms with van der Waals surface area (Å²) in [7, 11) is -2.57. The van der Waals surface area contributed by atoms with E-state index in [1.807, 2.05) is 19.2 Å². The summed E-state index contributed by atoms with van der Waals surface area (Å²) in [6, 6.07) is 17.3. The Morgan fingerprint density at radius 2 is 1.66 bits per heavy atom. The molecule has 3 aromatic carbocycles. The van der Waals surface area contributed by atoms with Crippen LogP contribution in [0.5, 0.6) is 11.5 Å². The lowest BCUT2D eigenvalue weighted by Crippen LogP contribution is -2.55. The van der Waals surface area contributed by atoms with Crippen molar-refractivity contribution in [3.8, 4) is 11.5 Å². The van der Waals surface area contributed by atoms with Crippen molar-refractivity contribution in [1.82, 2.24) is 10.2 Å². The van der Waals surface area contributed by atoms with Gasteiger partial charge < -0.3 is 29.4 Å². The number of piperazine rings is 1. The molecule has 3 aromatic rings. The normalized spacial score (nSPS) is 18.8. The number of nitrogens with one attached hydrogen (secondary N) is 1. The van der Waals surface area contributed by atoms with E-state index in [-0.39, 0.29) is 22.7 Å². The maximum Gasteiger partial charge on any atom is 0.415 e. The fourth-order valence-electron chi connectivity index (χ4n) is 6.73. The molecule has 0 bridgehead atoms. The fourth-order valence-corrected chi connectivity index (χ4v) is 7.48. The molecule has 0 unspecified atom stereocenters. The SMILES string of the molecule is CCCCOc1cc(OC(=O)N2CCNCC2)ccc1[C@@H]1[C@@H](CC[C@H](CC(C)(C)[Si](C)(C)O)c2ccc(F)cc2)C(=O)N1c1ccc(F)cc1. The number of amides is 2. The van der Waals surface area contributed by atoms with Gasteiger partial charge in [0, 0.05) is 43.5 Å². The first kappa shape index (κ1) is 37.5. The van der Waals surface area contributed by atoms with E-state index in [2.05, 4.69) is 26.1 Å². The van der Waals surface area contributed by atoms with Crippen LogP contribution in [0.1, 0.15) is 76.0 Å². The van der Waals surface area contributed by atoms with Gasteiger partial charge in [-0.1, -0.05) is 39.3 Å². The van der Waals surface area contributed by atoms with Crippen molar-refractivity contribution in [1.29, 1.82) is 0 Å². The van der Waals surface area contributed by atoms with Gasteiger partial charge in [0.05, 0.1) is 18.6 Å². The van der Waals surface area contributed by atoms with Crippen molar-refractivity contribution in [3.63, 3.8) is 0 Å². The van der Waals surface area contributed by atoms with Crippen LogP contribution in [0.3, 0.4) is 0 Å². The van der Waals surface area contributed by atoms with E-state index in [9.17, 15) is 23.2 Å². The predicted molar refractivity (Wildman–Crippen MR) is 194 cm³/mol. The first-order chi connectivity index (χ1) is 23.8. The summed E-state index contributed by atoms with van der Waals surface area (Å²) in [6.45, 7) is 13.1.